The molecule has 1 aromatic heterocycles. The van der Waals surface area contributed by atoms with E-state index in [2.05, 4.69) is 4.98 Å². The van der Waals surface area contributed by atoms with Gasteiger partial charge in [-0.3, -0.25) is 9.78 Å². The van der Waals surface area contributed by atoms with Crippen LogP contribution in [-0.2, 0) is 22.6 Å². The topological polar surface area (TPSA) is 53.4 Å². The van der Waals surface area contributed by atoms with E-state index < -0.39 is 46.2 Å². The Balaban J connectivity index is 1.81. The van der Waals surface area contributed by atoms with Gasteiger partial charge in [0, 0.05) is 24.2 Å². The first-order valence-electron chi connectivity index (χ1n) is 13.4. The summed E-state index contributed by atoms with van der Waals surface area (Å²) in [7, 11) is 1.37. The summed E-state index contributed by atoms with van der Waals surface area (Å²) in [6, 6.07) is 7.05. The van der Waals surface area contributed by atoms with Crippen LogP contribution < -0.4 is 4.90 Å². The molecule has 1 amide bonds. The molecule has 42 heavy (non-hydrogen) atoms. The third kappa shape index (κ3) is 6.45. The highest BCUT2D eigenvalue weighted by molar-refractivity contribution is 6.03. The third-order valence-electron chi connectivity index (χ3n) is 8.01. The average Bonchev–Trinajstić information content (AvgIpc) is 2.91. The van der Waals surface area contributed by atoms with E-state index in [1.54, 1.807) is 19.1 Å². The van der Waals surface area contributed by atoms with Crippen LogP contribution in [-0.4, -0.2) is 29.1 Å². The lowest BCUT2D eigenvalue weighted by Crippen LogP contribution is -2.42. The Morgan fingerprint density at radius 3 is 1.93 bits per heavy atom. The van der Waals surface area contributed by atoms with E-state index >= 15 is 0 Å². The van der Waals surface area contributed by atoms with Crippen molar-refractivity contribution in [3.05, 3.63) is 82.4 Å². The van der Waals surface area contributed by atoms with Crippen LogP contribution in [0, 0.1) is 12.7 Å². The zero-order chi connectivity index (χ0) is 31.2. The van der Waals surface area contributed by atoms with Crippen LogP contribution in [0.5, 0.6) is 0 Å². The Kier molecular flexibility index (Phi) is 8.48. The second-order valence-electron chi connectivity index (χ2n) is 11.4. The molecular weight excluding hydrogens is 565 g/mol. The molecule has 3 aromatic rings. The van der Waals surface area contributed by atoms with Crippen LogP contribution >= 0.6 is 0 Å². The fraction of sp³-hybridized carbons (Fsp3) is 0.419. The molecule has 4 nitrogen and oxygen atoms in total. The van der Waals surface area contributed by atoms with E-state index in [0.717, 1.165) is 4.90 Å². The van der Waals surface area contributed by atoms with Crippen molar-refractivity contribution in [3.8, 4) is 11.1 Å². The minimum Gasteiger partial charge on any atom is -0.393 e. The molecule has 1 aliphatic carbocycles. The van der Waals surface area contributed by atoms with Gasteiger partial charge in [-0.2, -0.15) is 26.3 Å². The van der Waals surface area contributed by atoms with Gasteiger partial charge in [-0.15, -0.1) is 0 Å². The summed E-state index contributed by atoms with van der Waals surface area (Å²) in [6.07, 6.45) is -6.50. The monoisotopic (exact) mass is 596 g/mol. The molecule has 1 N–H and O–H groups in total. The van der Waals surface area contributed by atoms with Crippen molar-refractivity contribution in [2.45, 2.75) is 76.2 Å². The molecule has 0 saturated heterocycles. The number of alkyl halides is 6. The highest BCUT2D eigenvalue weighted by atomic mass is 19.4. The average molecular weight is 597 g/mol. The number of amides is 1. The van der Waals surface area contributed by atoms with Gasteiger partial charge in [0.25, 0.3) is 0 Å². The summed E-state index contributed by atoms with van der Waals surface area (Å²) < 4.78 is 95.3. The van der Waals surface area contributed by atoms with Crippen LogP contribution in [0.2, 0.25) is 0 Å². The Morgan fingerprint density at radius 2 is 1.40 bits per heavy atom. The van der Waals surface area contributed by atoms with Crippen molar-refractivity contribution in [1.82, 2.24) is 4.98 Å². The summed E-state index contributed by atoms with van der Waals surface area (Å²) in [5, 5.41) is 9.92. The van der Waals surface area contributed by atoms with Crippen molar-refractivity contribution in [3.63, 3.8) is 0 Å². The zero-order valence-corrected chi connectivity index (χ0v) is 23.5. The highest BCUT2D eigenvalue weighted by Crippen LogP contribution is 2.42. The number of pyridine rings is 1. The molecule has 0 aliphatic heterocycles. The van der Waals surface area contributed by atoms with Crippen molar-refractivity contribution < 1.29 is 40.6 Å². The summed E-state index contributed by atoms with van der Waals surface area (Å²) in [5.74, 6) is -1.21. The Labute approximate surface area is 239 Å². The number of nitrogens with zero attached hydrogens (tertiary/aromatic N) is 2. The quantitative estimate of drug-likeness (QED) is 0.302. The van der Waals surface area contributed by atoms with Gasteiger partial charge in [0.1, 0.15) is 5.82 Å². The standard InChI is InChI=1S/C31H31F7N2O2/c1-17-11-22(32)7-10-24(17)25-15-26(18-5-8-23(41)9-6-18)39-16-27(25)40(4)28(42)29(2,3)19-12-20(30(33,34)35)14-21(13-19)31(36,37)38/h7,10-16,18,23,41H,5-6,8-9H2,1-4H3. The predicted molar refractivity (Wildman–Crippen MR) is 144 cm³/mol. The molecule has 4 rings (SSSR count). The Morgan fingerprint density at radius 1 is 0.857 bits per heavy atom. The summed E-state index contributed by atoms with van der Waals surface area (Å²) in [5.41, 5.74) is -2.68. The molecule has 226 valence electrons. The lowest BCUT2D eigenvalue weighted by molar-refractivity contribution is -0.143. The predicted octanol–water partition coefficient (Wildman–Crippen LogP) is 8.19. The van der Waals surface area contributed by atoms with E-state index in [4.69, 9.17) is 0 Å². The lowest BCUT2D eigenvalue weighted by Gasteiger charge is -2.32. The Bertz CT molecular complexity index is 1440. The second-order valence-corrected chi connectivity index (χ2v) is 11.4. The molecule has 0 bridgehead atoms. The molecule has 0 atom stereocenters. The fourth-order valence-corrected chi connectivity index (χ4v) is 5.44. The van der Waals surface area contributed by atoms with Crippen LogP contribution in [0.25, 0.3) is 11.1 Å². The molecule has 1 fully saturated rings. The molecule has 0 unspecified atom stereocenters. The first-order chi connectivity index (χ1) is 19.4. The maximum atomic E-state index is 14.0. The number of benzene rings is 2. The summed E-state index contributed by atoms with van der Waals surface area (Å²) in [4.78, 5) is 19.6. The highest BCUT2D eigenvalue weighted by Gasteiger charge is 2.41. The Hall–Kier alpha value is -3.47. The summed E-state index contributed by atoms with van der Waals surface area (Å²) >= 11 is 0. The van der Waals surface area contributed by atoms with E-state index in [9.17, 15) is 40.6 Å². The molecule has 1 aliphatic rings. The number of carbonyl (C=O) groups is 1. The van der Waals surface area contributed by atoms with Gasteiger partial charge in [0.2, 0.25) is 5.91 Å². The van der Waals surface area contributed by atoms with Gasteiger partial charge in [-0.25, -0.2) is 4.39 Å². The van der Waals surface area contributed by atoms with Gasteiger partial charge in [0.15, 0.2) is 0 Å². The molecule has 2 aromatic carbocycles. The van der Waals surface area contributed by atoms with Crippen LogP contribution in [0.4, 0.5) is 36.4 Å². The fourth-order valence-electron chi connectivity index (χ4n) is 5.44. The first kappa shape index (κ1) is 31.5. The van der Waals surface area contributed by atoms with Gasteiger partial charge in [0.05, 0.1) is 34.5 Å². The normalized spacial score (nSPS) is 18.2. The zero-order valence-electron chi connectivity index (χ0n) is 23.5. The van der Waals surface area contributed by atoms with Gasteiger partial charge in [-0.05, 0) is 99.5 Å². The second kappa shape index (κ2) is 11.3. The van der Waals surface area contributed by atoms with Gasteiger partial charge >= 0.3 is 12.4 Å². The number of aliphatic hydroxyl groups excluding tert-OH is 1. The summed E-state index contributed by atoms with van der Waals surface area (Å²) in [6.45, 7) is 4.21. The van der Waals surface area contributed by atoms with E-state index in [1.807, 2.05) is 0 Å². The minimum absolute atomic E-state index is 0.0239. The number of halogens is 7. The number of rotatable bonds is 5. The van der Waals surface area contributed by atoms with Gasteiger partial charge < -0.3 is 10.0 Å². The number of hydrogen-bond acceptors (Lipinski definition) is 3. The minimum atomic E-state index is -5.07. The largest absolute Gasteiger partial charge is 0.416 e. The molecular formula is C31H31F7N2O2. The van der Waals surface area contributed by atoms with Crippen molar-refractivity contribution in [1.29, 1.82) is 0 Å². The van der Waals surface area contributed by atoms with Crippen molar-refractivity contribution >= 4 is 11.6 Å². The number of hydrogen-bond donors (Lipinski definition) is 1. The number of anilines is 1. The smallest absolute Gasteiger partial charge is 0.393 e. The maximum Gasteiger partial charge on any atom is 0.416 e. The van der Waals surface area contributed by atoms with Crippen molar-refractivity contribution in [2.24, 2.45) is 0 Å². The SMILES string of the molecule is Cc1cc(F)ccc1-c1cc(C2CCC(O)CC2)ncc1N(C)C(=O)C(C)(C)c1cc(C(F)(F)F)cc(C(F)(F)F)c1. The molecule has 0 spiro atoms. The number of aliphatic hydroxyl groups is 1. The van der Waals surface area contributed by atoms with E-state index in [-0.39, 0.29) is 23.8 Å². The van der Waals surface area contributed by atoms with Crippen LogP contribution in [0.1, 0.15) is 73.4 Å². The molecule has 0 radical (unpaired) electrons. The molecule has 11 heteroatoms. The van der Waals surface area contributed by atoms with Crippen molar-refractivity contribution in [2.75, 3.05) is 11.9 Å². The number of likely N-dealkylation sites (N-methyl/N-ethyl adjacent to an activating group) is 1. The number of aromatic nitrogens is 1. The van der Waals surface area contributed by atoms with Crippen LogP contribution in [0.15, 0.2) is 48.7 Å². The van der Waals surface area contributed by atoms with Crippen LogP contribution in [0.3, 0.4) is 0 Å². The van der Waals surface area contributed by atoms with E-state index in [1.165, 1.54) is 39.2 Å². The lowest BCUT2D eigenvalue weighted by atomic mass is 9.81. The molecule has 1 heterocycles. The van der Waals surface area contributed by atoms with Gasteiger partial charge in [-0.1, -0.05) is 6.07 Å². The number of aryl methyl sites for hydroxylation is 1. The first-order valence-corrected chi connectivity index (χ1v) is 13.4. The number of carbonyl (C=O) groups excluding carboxylic acids is 1. The third-order valence-corrected chi connectivity index (χ3v) is 8.01. The van der Waals surface area contributed by atoms with E-state index in [0.29, 0.717) is 60.2 Å². The maximum absolute atomic E-state index is 14.0. The molecule has 1 saturated carbocycles.